The molecule has 4 aromatic carbocycles. The maximum absolute atomic E-state index is 12.4. The number of carbonyl (C=O) groups excluding carboxylic acids is 2. The Kier molecular flexibility index (Phi) is 7.41. The molecule has 0 radical (unpaired) electrons. The van der Waals surface area contributed by atoms with Gasteiger partial charge in [0.25, 0.3) is 0 Å². The summed E-state index contributed by atoms with van der Waals surface area (Å²) in [5, 5.41) is 0. The molecule has 0 aliphatic rings. The number of carbonyl (C=O) groups is 2. The summed E-state index contributed by atoms with van der Waals surface area (Å²) < 4.78 is 10.7. The maximum Gasteiger partial charge on any atom is 0.344 e. The molecule has 4 aromatic rings. The molecule has 0 heterocycles. The van der Waals surface area contributed by atoms with Gasteiger partial charge >= 0.3 is 5.97 Å². The molecule has 0 aliphatic carbocycles. The fraction of sp³-hybridized carbons (Fsp3) is 0.161. The quantitative estimate of drug-likeness (QED) is 0.210. The van der Waals surface area contributed by atoms with Gasteiger partial charge in [0.05, 0.1) is 0 Å². The van der Waals surface area contributed by atoms with Gasteiger partial charge < -0.3 is 9.47 Å². The van der Waals surface area contributed by atoms with Gasteiger partial charge in [-0.05, 0) is 34.4 Å². The summed E-state index contributed by atoms with van der Waals surface area (Å²) in [6.07, 6.45) is 0. The van der Waals surface area contributed by atoms with Crippen molar-refractivity contribution in [3.05, 3.63) is 126 Å². The molecule has 0 saturated heterocycles. The first-order valence-electron chi connectivity index (χ1n) is 11.6. The van der Waals surface area contributed by atoms with E-state index in [1.807, 2.05) is 84.9 Å². The predicted octanol–water partition coefficient (Wildman–Crippen LogP) is 6.48. The molecule has 0 aromatic heterocycles. The van der Waals surface area contributed by atoms with Gasteiger partial charge in [0.2, 0.25) is 0 Å². The Balaban J connectivity index is 1.26. The summed E-state index contributed by atoms with van der Waals surface area (Å²) in [4.78, 5) is 24.5. The van der Waals surface area contributed by atoms with Gasteiger partial charge in [0, 0.05) is 11.0 Å². The standard InChI is InChI=1S/C31H28O4/c1-31(2,26-11-7-4-8-12-26)27-17-19-28(20-18-27)34-22-30(33)35-21-29(32)25-15-13-24(14-16-25)23-9-5-3-6-10-23/h3-20H,21-22H2,1-2H3. The number of ether oxygens (including phenoxy) is 2. The van der Waals surface area contributed by atoms with Gasteiger partial charge in [-0.15, -0.1) is 0 Å². The minimum absolute atomic E-state index is 0.154. The van der Waals surface area contributed by atoms with Crippen molar-refractivity contribution in [3.8, 4) is 16.9 Å². The Hall–Kier alpha value is -4.18. The molecule has 0 amide bonds. The first kappa shape index (κ1) is 24.0. The number of hydrogen-bond donors (Lipinski definition) is 0. The van der Waals surface area contributed by atoms with Crippen LogP contribution in [-0.2, 0) is 14.9 Å². The van der Waals surface area contributed by atoms with Crippen molar-refractivity contribution in [2.24, 2.45) is 0 Å². The Morgan fingerprint density at radius 3 is 1.80 bits per heavy atom. The van der Waals surface area contributed by atoms with Crippen molar-refractivity contribution in [2.75, 3.05) is 13.2 Å². The number of benzene rings is 4. The van der Waals surface area contributed by atoms with Crippen molar-refractivity contribution in [3.63, 3.8) is 0 Å². The zero-order valence-electron chi connectivity index (χ0n) is 19.9. The van der Waals surface area contributed by atoms with Gasteiger partial charge in [-0.3, -0.25) is 4.79 Å². The van der Waals surface area contributed by atoms with Crippen LogP contribution >= 0.6 is 0 Å². The number of rotatable bonds is 9. The third kappa shape index (κ3) is 6.04. The molecule has 0 N–H and O–H groups in total. The zero-order chi connectivity index (χ0) is 24.7. The van der Waals surface area contributed by atoms with E-state index >= 15 is 0 Å². The number of Topliss-reactive ketones (excluding diaryl/α,β-unsaturated/α-hetero) is 1. The second-order valence-electron chi connectivity index (χ2n) is 8.83. The van der Waals surface area contributed by atoms with Gasteiger partial charge in [0.15, 0.2) is 19.0 Å². The molecule has 4 rings (SSSR count). The fourth-order valence-electron chi connectivity index (χ4n) is 3.88. The van der Waals surface area contributed by atoms with Crippen molar-refractivity contribution < 1.29 is 19.1 Å². The van der Waals surface area contributed by atoms with Crippen molar-refractivity contribution in [2.45, 2.75) is 19.3 Å². The Morgan fingerprint density at radius 2 is 1.17 bits per heavy atom. The Labute approximate surface area is 206 Å². The third-order valence-electron chi connectivity index (χ3n) is 6.11. The van der Waals surface area contributed by atoms with Crippen LogP contribution in [0.25, 0.3) is 11.1 Å². The van der Waals surface area contributed by atoms with Crippen LogP contribution < -0.4 is 4.74 Å². The highest BCUT2D eigenvalue weighted by Gasteiger charge is 2.22. The lowest BCUT2D eigenvalue weighted by Crippen LogP contribution is -2.20. The number of esters is 1. The lowest BCUT2D eigenvalue weighted by atomic mass is 9.78. The molecule has 176 valence electrons. The molecule has 0 atom stereocenters. The van der Waals surface area contributed by atoms with Gasteiger partial charge in [0.1, 0.15) is 5.75 Å². The first-order chi connectivity index (χ1) is 16.9. The number of hydrogen-bond acceptors (Lipinski definition) is 4. The van der Waals surface area contributed by atoms with E-state index in [-0.39, 0.29) is 24.4 Å². The molecular weight excluding hydrogens is 436 g/mol. The molecule has 0 aliphatic heterocycles. The van der Waals surface area contributed by atoms with Gasteiger partial charge in [-0.1, -0.05) is 111 Å². The van der Waals surface area contributed by atoms with Gasteiger partial charge in [-0.2, -0.15) is 0 Å². The highest BCUT2D eigenvalue weighted by molar-refractivity contribution is 5.98. The van der Waals surface area contributed by atoms with E-state index in [4.69, 9.17) is 9.47 Å². The van der Waals surface area contributed by atoms with Crippen molar-refractivity contribution in [1.29, 1.82) is 0 Å². The minimum Gasteiger partial charge on any atom is -0.482 e. The van der Waals surface area contributed by atoms with E-state index in [0.29, 0.717) is 11.3 Å². The summed E-state index contributed by atoms with van der Waals surface area (Å²) in [5.41, 5.74) is 4.80. The van der Waals surface area contributed by atoms with Gasteiger partial charge in [-0.25, -0.2) is 4.79 Å². The second-order valence-corrected chi connectivity index (χ2v) is 8.83. The molecule has 0 bridgehead atoms. The molecular formula is C31H28O4. The second kappa shape index (κ2) is 10.8. The Bertz CT molecular complexity index is 1260. The SMILES string of the molecule is CC(C)(c1ccccc1)c1ccc(OCC(=O)OCC(=O)c2ccc(-c3ccccc3)cc2)cc1. The third-order valence-corrected chi connectivity index (χ3v) is 6.11. The molecule has 0 saturated carbocycles. The van der Waals surface area contributed by atoms with Crippen LogP contribution in [0.4, 0.5) is 0 Å². The fourth-order valence-corrected chi connectivity index (χ4v) is 3.88. The topological polar surface area (TPSA) is 52.6 Å². The van der Waals surface area contributed by atoms with Crippen LogP contribution in [0.5, 0.6) is 5.75 Å². The van der Waals surface area contributed by atoms with E-state index < -0.39 is 5.97 Å². The van der Waals surface area contributed by atoms with E-state index in [1.54, 1.807) is 12.1 Å². The molecule has 4 heteroatoms. The molecule has 0 spiro atoms. The van der Waals surface area contributed by atoms with E-state index in [9.17, 15) is 9.59 Å². The Morgan fingerprint density at radius 1 is 0.629 bits per heavy atom. The lowest BCUT2D eigenvalue weighted by molar-refractivity contribution is -0.144. The number of ketones is 1. The van der Waals surface area contributed by atoms with Crippen LogP contribution in [0, 0.1) is 0 Å². The molecule has 0 unspecified atom stereocenters. The van der Waals surface area contributed by atoms with Crippen LogP contribution in [0.3, 0.4) is 0 Å². The van der Waals surface area contributed by atoms with E-state index in [0.717, 1.165) is 16.7 Å². The smallest absolute Gasteiger partial charge is 0.344 e. The predicted molar refractivity (Wildman–Crippen MR) is 138 cm³/mol. The minimum atomic E-state index is -0.590. The first-order valence-corrected chi connectivity index (χ1v) is 11.6. The van der Waals surface area contributed by atoms with Crippen LogP contribution in [0.2, 0.25) is 0 Å². The zero-order valence-corrected chi connectivity index (χ0v) is 19.9. The van der Waals surface area contributed by atoms with E-state index in [2.05, 4.69) is 26.0 Å². The summed E-state index contributed by atoms with van der Waals surface area (Å²) in [7, 11) is 0. The average molecular weight is 465 g/mol. The summed E-state index contributed by atoms with van der Waals surface area (Å²) >= 11 is 0. The monoisotopic (exact) mass is 464 g/mol. The molecule has 35 heavy (non-hydrogen) atoms. The van der Waals surface area contributed by atoms with E-state index in [1.165, 1.54) is 5.56 Å². The van der Waals surface area contributed by atoms with Crippen molar-refractivity contribution >= 4 is 11.8 Å². The lowest BCUT2D eigenvalue weighted by Gasteiger charge is -2.26. The average Bonchev–Trinajstić information content (AvgIpc) is 2.92. The van der Waals surface area contributed by atoms with Crippen LogP contribution in [0.1, 0.15) is 35.3 Å². The van der Waals surface area contributed by atoms with Crippen molar-refractivity contribution in [1.82, 2.24) is 0 Å². The largest absolute Gasteiger partial charge is 0.482 e. The normalized spacial score (nSPS) is 11.0. The van der Waals surface area contributed by atoms with Crippen LogP contribution in [0.15, 0.2) is 109 Å². The maximum atomic E-state index is 12.4. The molecule has 0 fully saturated rings. The van der Waals surface area contributed by atoms with Crippen LogP contribution in [-0.4, -0.2) is 25.0 Å². The summed E-state index contributed by atoms with van der Waals surface area (Å²) in [5.74, 6) is -0.282. The summed E-state index contributed by atoms with van der Waals surface area (Å²) in [6.45, 7) is 3.75. The molecule has 4 nitrogen and oxygen atoms in total. The highest BCUT2D eigenvalue weighted by Crippen LogP contribution is 2.32. The summed E-state index contributed by atoms with van der Waals surface area (Å²) in [6, 6.07) is 35.1. The highest BCUT2D eigenvalue weighted by atomic mass is 16.6.